The van der Waals surface area contributed by atoms with E-state index in [1.165, 1.54) is 0 Å². The summed E-state index contributed by atoms with van der Waals surface area (Å²) in [5.41, 5.74) is 0. The summed E-state index contributed by atoms with van der Waals surface area (Å²) in [5.74, 6) is -0.726. The second-order valence-corrected chi connectivity index (χ2v) is 4.83. The minimum Gasteiger partial charge on any atom is -0.481 e. The summed E-state index contributed by atoms with van der Waals surface area (Å²) in [6.45, 7) is 2.46. The van der Waals surface area contributed by atoms with Gasteiger partial charge in [-0.3, -0.25) is 4.79 Å². The summed E-state index contributed by atoms with van der Waals surface area (Å²) in [5, 5.41) is 21.8. The van der Waals surface area contributed by atoms with Crippen LogP contribution in [0, 0.1) is 0 Å². The Morgan fingerprint density at radius 1 is 1.28 bits per heavy atom. The molecule has 0 saturated carbocycles. The smallest absolute Gasteiger partial charge is 0.326 e. The fraction of sp³-hybridized carbons (Fsp3) is 0.700. The zero-order valence-electron chi connectivity index (χ0n) is 10.1. The summed E-state index contributed by atoms with van der Waals surface area (Å²) in [4.78, 5) is 32.4. The molecule has 0 saturated heterocycles. The first-order valence-electron chi connectivity index (χ1n) is 5.54. The van der Waals surface area contributed by atoms with Crippen LogP contribution in [0.5, 0.6) is 0 Å². The summed E-state index contributed by atoms with van der Waals surface area (Å²) in [6, 6.07) is -2.07. The zero-order chi connectivity index (χ0) is 14.0. The monoisotopic (exact) mass is 278 g/mol. The average Bonchev–Trinajstić information content (AvgIpc) is 2.27. The van der Waals surface area contributed by atoms with E-state index in [0.717, 1.165) is 17.9 Å². The van der Waals surface area contributed by atoms with Crippen LogP contribution in [0.3, 0.4) is 0 Å². The Balaban J connectivity index is 3.88. The summed E-state index contributed by atoms with van der Waals surface area (Å²) in [7, 11) is 0. The maximum atomic E-state index is 11.3. The number of hydrogen-bond acceptors (Lipinski definition) is 4. The Morgan fingerprint density at radius 3 is 2.44 bits per heavy atom. The first kappa shape index (κ1) is 16.6. The second kappa shape index (κ2) is 9.58. The van der Waals surface area contributed by atoms with Gasteiger partial charge in [0.05, 0.1) is 6.42 Å². The number of rotatable bonds is 9. The van der Waals surface area contributed by atoms with Crippen LogP contribution in [0.2, 0.25) is 0 Å². The van der Waals surface area contributed by atoms with E-state index in [9.17, 15) is 14.4 Å². The number of urea groups is 1. The predicted molar refractivity (Wildman–Crippen MR) is 67.8 cm³/mol. The second-order valence-electron chi connectivity index (χ2n) is 3.44. The van der Waals surface area contributed by atoms with Crippen LogP contribution in [0.15, 0.2) is 0 Å². The molecule has 104 valence electrons. The van der Waals surface area contributed by atoms with Crippen molar-refractivity contribution in [3.8, 4) is 0 Å². The van der Waals surface area contributed by atoms with Crippen molar-refractivity contribution in [2.75, 3.05) is 18.1 Å². The van der Waals surface area contributed by atoms with E-state index in [2.05, 4.69) is 10.6 Å². The molecule has 7 nitrogen and oxygen atoms in total. The number of nitrogens with one attached hydrogen (secondary N) is 2. The van der Waals surface area contributed by atoms with Crippen molar-refractivity contribution < 1.29 is 24.6 Å². The molecule has 2 amide bonds. The maximum absolute atomic E-state index is 11.3. The van der Waals surface area contributed by atoms with Gasteiger partial charge in [0.2, 0.25) is 0 Å². The molecule has 0 aliphatic rings. The van der Waals surface area contributed by atoms with E-state index in [-0.39, 0.29) is 0 Å². The van der Waals surface area contributed by atoms with Gasteiger partial charge in [-0.1, -0.05) is 6.92 Å². The van der Waals surface area contributed by atoms with Crippen LogP contribution >= 0.6 is 11.8 Å². The SMILES string of the molecule is CCSCCCNC(=O)NC(CC(=O)O)C(=O)O. The van der Waals surface area contributed by atoms with E-state index in [4.69, 9.17) is 10.2 Å². The first-order valence-corrected chi connectivity index (χ1v) is 6.69. The number of carbonyl (C=O) groups is 3. The molecule has 0 spiro atoms. The minimum absolute atomic E-state index is 0.429. The van der Waals surface area contributed by atoms with Crippen molar-refractivity contribution in [2.45, 2.75) is 25.8 Å². The number of carbonyl (C=O) groups excluding carboxylic acids is 1. The number of amides is 2. The lowest BCUT2D eigenvalue weighted by Gasteiger charge is -2.13. The Kier molecular flexibility index (Phi) is 8.81. The highest BCUT2D eigenvalue weighted by molar-refractivity contribution is 7.99. The van der Waals surface area contributed by atoms with Crippen molar-refractivity contribution in [3.05, 3.63) is 0 Å². The van der Waals surface area contributed by atoms with Crippen molar-refractivity contribution >= 4 is 29.7 Å². The van der Waals surface area contributed by atoms with Gasteiger partial charge in [0.1, 0.15) is 6.04 Å². The lowest BCUT2D eigenvalue weighted by Crippen LogP contribution is -2.47. The first-order chi connectivity index (χ1) is 8.47. The Bertz CT molecular complexity index is 298. The quantitative estimate of drug-likeness (QED) is 0.452. The normalized spacial score (nSPS) is 11.6. The molecule has 4 N–H and O–H groups in total. The van der Waals surface area contributed by atoms with Crippen LogP contribution in [0.4, 0.5) is 4.79 Å². The van der Waals surface area contributed by atoms with E-state index >= 15 is 0 Å². The van der Waals surface area contributed by atoms with Crippen molar-refractivity contribution in [1.82, 2.24) is 10.6 Å². The van der Waals surface area contributed by atoms with Crippen molar-refractivity contribution in [3.63, 3.8) is 0 Å². The molecule has 0 heterocycles. The van der Waals surface area contributed by atoms with E-state index in [1.54, 1.807) is 11.8 Å². The Morgan fingerprint density at radius 2 is 1.94 bits per heavy atom. The molecule has 0 aromatic carbocycles. The average molecular weight is 278 g/mol. The third-order valence-corrected chi connectivity index (χ3v) is 2.92. The van der Waals surface area contributed by atoms with Gasteiger partial charge in [-0.05, 0) is 17.9 Å². The molecule has 0 aliphatic carbocycles. The van der Waals surface area contributed by atoms with Crippen LogP contribution in [-0.2, 0) is 9.59 Å². The third-order valence-electron chi connectivity index (χ3n) is 1.94. The zero-order valence-corrected chi connectivity index (χ0v) is 11.0. The van der Waals surface area contributed by atoms with Gasteiger partial charge in [-0.25, -0.2) is 9.59 Å². The number of aliphatic carboxylic acids is 2. The fourth-order valence-electron chi connectivity index (χ4n) is 1.10. The Labute approximate surface area is 109 Å². The van der Waals surface area contributed by atoms with Gasteiger partial charge in [-0.2, -0.15) is 11.8 Å². The van der Waals surface area contributed by atoms with Gasteiger partial charge >= 0.3 is 18.0 Å². The molecule has 0 radical (unpaired) electrons. The highest BCUT2D eigenvalue weighted by Crippen LogP contribution is 1.99. The molecule has 8 heteroatoms. The van der Waals surface area contributed by atoms with E-state index in [1.807, 2.05) is 6.92 Å². The Hall–Kier alpha value is -1.44. The topological polar surface area (TPSA) is 116 Å². The number of carboxylic acid groups (broad SMARTS) is 2. The molecule has 0 rings (SSSR count). The molecule has 0 aromatic heterocycles. The lowest BCUT2D eigenvalue weighted by atomic mass is 10.2. The molecule has 0 aromatic rings. The molecule has 0 bridgehead atoms. The van der Waals surface area contributed by atoms with Crippen LogP contribution < -0.4 is 10.6 Å². The number of carboxylic acids is 2. The largest absolute Gasteiger partial charge is 0.481 e. The minimum atomic E-state index is -1.41. The van der Waals surface area contributed by atoms with E-state index in [0.29, 0.717) is 6.54 Å². The van der Waals surface area contributed by atoms with Gasteiger partial charge in [0.15, 0.2) is 0 Å². The predicted octanol–water partition coefficient (Wildman–Crippen LogP) is 0.357. The molecule has 1 atom stereocenters. The summed E-state index contributed by atoms with van der Waals surface area (Å²) < 4.78 is 0. The number of thioether (sulfide) groups is 1. The van der Waals surface area contributed by atoms with Crippen molar-refractivity contribution in [1.29, 1.82) is 0 Å². The molecule has 18 heavy (non-hydrogen) atoms. The van der Waals surface area contributed by atoms with Gasteiger partial charge in [0.25, 0.3) is 0 Å². The van der Waals surface area contributed by atoms with E-state index < -0.39 is 30.4 Å². The third kappa shape index (κ3) is 8.68. The van der Waals surface area contributed by atoms with Crippen LogP contribution in [0.25, 0.3) is 0 Å². The van der Waals surface area contributed by atoms with Gasteiger partial charge in [-0.15, -0.1) is 0 Å². The highest BCUT2D eigenvalue weighted by Gasteiger charge is 2.22. The number of hydrogen-bond donors (Lipinski definition) is 4. The van der Waals surface area contributed by atoms with Crippen molar-refractivity contribution in [2.24, 2.45) is 0 Å². The van der Waals surface area contributed by atoms with Gasteiger partial charge < -0.3 is 20.8 Å². The lowest BCUT2D eigenvalue weighted by molar-refractivity contribution is -0.145. The molecule has 0 aliphatic heterocycles. The highest BCUT2D eigenvalue weighted by atomic mass is 32.2. The summed E-state index contributed by atoms with van der Waals surface area (Å²) >= 11 is 1.74. The molecular formula is C10H18N2O5S. The van der Waals surface area contributed by atoms with Crippen LogP contribution in [-0.4, -0.2) is 52.3 Å². The van der Waals surface area contributed by atoms with Gasteiger partial charge in [0, 0.05) is 6.54 Å². The molecule has 1 unspecified atom stereocenters. The standard InChI is InChI=1S/C10H18N2O5S/c1-2-18-5-3-4-11-10(17)12-7(9(15)16)6-8(13)14/h7H,2-6H2,1H3,(H,13,14)(H,15,16)(H2,11,12,17). The molecular weight excluding hydrogens is 260 g/mol. The fourth-order valence-corrected chi connectivity index (χ4v) is 1.74. The summed E-state index contributed by atoms with van der Waals surface area (Å²) in [6.07, 6.45) is 0.136. The van der Waals surface area contributed by atoms with Crippen LogP contribution in [0.1, 0.15) is 19.8 Å². The maximum Gasteiger partial charge on any atom is 0.326 e. The molecule has 0 fully saturated rings.